The van der Waals surface area contributed by atoms with E-state index in [1.54, 1.807) is 0 Å². The number of benzene rings is 2. The zero-order valence-electron chi connectivity index (χ0n) is 40.1. The van der Waals surface area contributed by atoms with Gasteiger partial charge in [0, 0.05) is 23.3 Å². The highest BCUT2D eigenvalue weighted by atomic mass is 28.4. The van der Waals surface area contributed by atoms with E-state index in [0.717, 1.165) is 34.1 Å². The second kappa shape index (κ2) is 20.0. The van der Waals surface area contributed by atoms with Gasteiger partial charge in [-0.15, -0.1) is 0 Å². The van der Waals surface area contributed by atoms with Crippen molar-refractivity contribution in [3.63, 3.8) is 0 Å². The summed E-state index contributed by atoms with van der Waals surface area (Å²) >= 11 is 0. The normalized spacial score (nSPS) is 11.6. The Bertz CT molecular complexity index is 2150. The van der Waals surface area contributed by atoms with Gasteiger partial charge >= 0.3 is 0 Å². The monoisotopic (exact) mass is 866 g/mol. The molecule has 4 nitrogen and oxygen atoms in total. The predicted octanol–water partition coefficient (Wildman–Crippen LogP) is 12.6. The summed E-state index contributed by atoms with van der Waals surface area (Å²) in [6.07, 6.45) is 0. The van der Waals surface area contributed by atoms with Crippen molar-refractivity contribution >= 4 is 33.3 Å². The molecule has 0 aromatic heterocycles. The van der Waals surface area contributed by atoms with Gasteiger partial charge in [-0.2, -0.15) is 0 Å². The van der Waals surface area contributed by atoms with Crippen molar-refractivity contribution in [1.29, 1.82) is 0 Å². The minimum Gasteiger partial charge on any atom is -0.543 e. The summed E-state index contributed by atoms with van der Waals surface area (Å²) in [6.45, 7) is 44.5. The van der Waals surface area contributed by atoms with Gasteiger partial charge in [0.25, 0.3) is 0 Å². The van der Waals surface area contributed by atoms with Crippen molar-refractivity contribution in [3.8, 4) is 118 Å². The number of hydrogen-bond donors (Lipinski definition) is 0. The molecule has 0 atom stereocenters. The highest BCUT2D eigenvalue weighted by molar-refractivity contribution is 6.76. The van der Waals surface area contributed by atoms with Crippen LogP contribution in [-0.4, -0.2) is 33.3 Å². The molecule has 0 aliphatic carbocycles. The van der Waals surface area contributed by atoms with Crippen molar-refractivity contribution < 1.29 is 17.7 Å². The van der Waals surface area contributed by atoms with E-state index >= 15 is 0 Å². The summed E-state index contributed by atoms with van der Waals surface area (Å²) in [6, 6.07) is 11.8. The minimum absolute atomic E-state index is 0.0504. The van der Waals surface area contributed by atoms with E-state index in [2.05, 4.69) is 230 Å². The van der Waals surface area contributed by atoms with Crippen molar-refractivity contribution in [2.45, 2.75) is 156 Å². The Kier molecular flexibility index (Phi) is 17.1. The molecule has 0 aliphatic heterocycles. The topological polar surface area (TPSA) is 36.9 Å². The van der Waals surface area contributed by atoms with Crippen LogP contribution in [0.5, 0.6) is 23.0 Å². The van der Waals surface area contributed by atoms with Gasteiger partial charge in [-0.1, -0.05) is 94.9 Å². The van der Waals surface area contributed by atoms with Crippen LogP contribution in [0.15, 0.2) is 36.4 Å². The molecule has 0 radical (unpaired) electrons. The highest BCUT2D eigenvalue weighted by Gasteiger charge is 2.42. The fraction of sp³-hybridized carbons (Fsp3) is 0.462. The summed E-state index contributed by atoms with van der Waals surface area (Å²) in [5.74, 6) is 47.5. The summed E-state index contributed by atoms with van der Waals surface area (Å²) in [5, 5.41) is 0.202. The Labute approximate surface area is 370 Å². The lowest BCUT2D eigenvalue weighted by Gasteiger charge is -2.38. The van der Waals surface area contributed by atoms with Gasteiger partial charge in [-0.3, -0.25) is 0 Å². The Balaban J connectivity index is 2.19. The van der Waals surface area contributed by atoms with Crippen LogP contribution in [0, 0.1) is 94.7 Å². The molecule has 60 heavy (non-hydrogen) atoms. The molecule has 8 heteroatoms. The van der Waals surface area contributed by atoms with Crippen LogP contribution < -0.4 is 17.7 Å². The summed E-state index contributed by atoms with van der Waals surface area (Å²) in [4.78, 5) is 0. The maximum Gasteiger partial charge on any atom is 0.250 e. The average Bonchev–Trinajstić information content (AvgIpc) is 3.05. The molecule has 0 saturated carbocycles. The summed E-state index contributed by atoms with van der Waals surface area (Å²) in [5.41, 5.74) is 1.54. The largest absolute Gasteiger partial charge is 0.543 e. The van der Waals surface area contributed by atoms with E-state index in [0.29, 0.717) is 0 Å². The van der Waals surface area contributed by atoms with Gasteiger partial charge < -0.3 is 17.7 Å². The van der Waals surface area contributed by atoms with Crippen LogP contribution in [0.3, 0.4) is 0 Å². The molecule has 0 aliphatic rings. The third kappa shape index (κ3) is 16.2. The summed E-state index contributed by atoms with van der Waals surface area (Å²) in [7, 11) is -8.31. The molecule has 2 aromatic rings. The average molecular weight is 867 g/mol. The Morgan fingerprint density at radius 2 is 0.450 bits per heavy atom. The standard InChI is InChI=1S/C52H66O4Si4/c1-49(2,3)57(13,14)53-45-37-43(38-46(41-45)54-58(15,16)50(4,5)6)35-33-31-29-27-25-23-21-22-24-26-28-30-32-34-36-44-39-47(55-59(17,18)51(7,8)9)42-48(40-44)56-60(19,20)52(10,11)12/h37-42H,1-20H3. The minimum atomic E-state index is -2.08. The molecule has 0 saturated heterocycles. The first-order chi connectivity index (χ1) is 27.3. The van der Waals surface area contributed by atoms with Crippen LogP contribution in [0.2, 0.25) is 72.5 Å². The van der Waals surface area contributed by atoms with Gasteiger partial charge in [0.05, 0.1) is 0 Å². The second-order valence-electron chi connectivity index (χ2n) is 20.8. The van der Waals surface area contributed by atoms with Crippen LogP contribution >= 0.6 is 0 Å². The van der Waals surface area contributed by atoms with Crippen LogP contribution in [0.1, 0.15) is 94.2 Å². The van der Waals surface area contributed by atoms with Crippen LogP contribution in [0.25, 0.3) is 0 Å². The second-order valence-corrected chi connectivity index (χ2v) is 39.7. The van der Waals surface area contributed by atoms with E-state index in [9.17, 15) is 0 Å². The number of rotatable bonds is 8. The van der Waals surface area contributed by atoms with Gasteiger partial charge in [0.15, 0.2) is 0 Å². The Morgan fingerprint density at radius 3 is 0.617 bits per heavy atom. The zero-order valence-corrected chi connectivity index (χ0v) is 44.1. The van der Waals surface area contributed by atoms with Crippen molar-refractivity contribution in [2.24, 2.45) is 0 Å². The fourth-order valence-corrected chi connectivity index (χ4v) is 7.95. The lowest BCUT2D eigenvalue weighted by atomic mass is 10.2. The maximum absolute atomic E-state index is 6.63. The van der Waals surface area contributed by atoms with E-state index < -0.39 is 33.3 Å². The van der Waals surface area contributed by atoms with Crippen LogP contribution in [0.4, 0.5) is 0 Å². The molecular weight excluding hydrogens is 801 g/mol. The molecule has 0 spiro atoms. The van der Waals surface area contributed by atoms with Crippen molar-refractivity contribution in [1.82, 2.24) is 0 Å². The molecule has 0 bridgehead atoms. The fourth-order valence-electron chi connectivity index (χ4n) is 3.90. The van der Waals surface area contributed by atoms with Gasteiger partial charge in [0.2, 0.25) is 33.3 Å². The smallest absolute Gasteiger partial charge is 0.250 e. The first-order valence-corrected chi connectivity index (χ1v) is 32.0. The third-order valence-electron chi connectivity index (χ3n) is 11.7. The molecule has 314 valence electrons. The third-order valence-corrected chi connectivity index (χ3v) is 29.1. The predicted molar refractivity (Wildman–Crippen MR) is 265 cm³/mol. The first kappa shape index (κ1) is 51.1. The van der Waals surface area contributed by atoms with Gasteiger partial charge in [-0.05, 0) is 180 Å². The molecule has 2 rings (SSSR count). The van der Waals surface area contributed by atoms with E-state index in [4.69, 9.17) is 17.7 Å². The molecule has 2 aromatic carbocycles. The van der Waals surface area contributed by atoms with Crippen LogP contribution in [-0.2, 0) is 0 Å². The number of hydrogen-bond acceptors (Lipinski definition) is 4. The summed E-state index contributed by atoms with van der Waals surface area (Å²) < 4.78 is 26.5. The lowest BCUT2D eigenvalue weighted by Crippen LogP contribution is -2.44. The Morgan fingerprint density at radius 1 is 0.283 bits per heavy atom. The van der Waals surface area contributed by atoms with Gasteiger partial charge in [0.1, 0.15) is 23.0 Å². The molecule has 0 amide bonds. The highest BCUT2D eigenvalue weighted by Crippen LogP contribution is 2.42. The van der Waals surface area contributed by atoms with E-state index in [1.165, 1.54) is 0 Å². The Hall–Kier alpha value is -5.01. The van der Waals surface area contributed by atoms with Crippen molar-refractivity contribution in [3.05, 3.63) is 47.5 Å². The SMILES string of the molecule is CC(C)(C)[Si](C)(C)Oc1cc(C#CC#CC#CC#CC#CC#CC#CC#Cc2cc(O[Si](C)(C)C(C)(C)C)cc(O[Si](C)(C)C(C)(C)C)c2)cc(O[Si](C)(C)C(C)(C)C)c1. The van der Waals surface area contributed by atoms with E-state index in [-0.39, 0.29) is 20.2 Å². The van der Waals surface area contributed by atoms with E-state index in [1.807, 2.05) is 36.4 Å². The first-order valence-electron chi connectivity index (χ1n) is 20.3. The molecule has 0 N–H and O–H groups in total. The van der Waals surface area contributed by atoms with Crippen molar-refractivity contribution in [2.75, 3.05) is 0 Å². The molecule has 0 heterocycles. The molecule has 0 unspecified atom stereocenters. The zero-order chi connectivity index (χ0) is 45.8. The quantitative estimate of drug-likeness (QED) is 0.196. The molecular formula is C52H66O4Si4. The van der Waals surface area contributed by atoms with Gasteiger partial charge in [-0.25, -0.2) is 0 Å². The maximum atomic E-state index is 6.63. The lowest BCUT2D eigenvalue weighted by molar-refractivity contribution is 0.474. The molecule has 0 fully saturated rings.